The van der Waals surface area contributed by atoms with Gasteiger partial charge in [-0.3, -0.25) is 9.78 Å². The molecule has 0 radical (unpaired) electrons. The Bertz CT molecular complexity index is 442. The molecule has 2 rings (SSSR count). The van der Waals surface area contributed by atoms with Gasteiger partial charge >= 0.3 is 0 Å². The molecule has 1 saturated heterocycles. The van der Waals surface area contributed by atoms with Gasteiger partial charge < -0.3 is 15.4 Å². The molecule has 0 aromatic carbocycles. The van der Waals surface area contributed by atoms with Crippen molar-refractivity contribution in [1.29, 1.82) is 0 Å². The lowest BCUT2D eigenvalue weighted by molar-refractivity contribution is 0.00843. The Kier molecular flexibility index (Phi) is 5.49. The molecular formula is C15H23N3O2. The number of ether oxygens (including phenoxy) is 1. The smallest absolute Gasteiger partial charge is 0.255 e. The highest BCUT2D eigenvalue weighted by Crippen LogP contribution is 2.16. The van der Waals surface area contributed by atoms with Gasteiger partial charge in [-0.05, 0) is 44.4 Å². The van der Waals surface area contributed by atoms with E-state index in [2.05, 4.69) is 4.98 Å². The second kappa shape index (κ2) is 7.36. The first-order valence-corrected chi connectivity index (χ1v) is 7.23. The predicted octanol–water partition coefficient (Wildman–Crippen LogP) is 1.36. The molecule has 110 valence electrons. The molecule has 20 heavy (non-hydrogen) atoms. The van der Waals surface area contributed by atoms with E-state index >= 15 is 0 Å². The van der Waals surface area contributed by atoms with Crippen LogP contribution in [0.5, 0.6) is 0 Å². The van der Waals surface area contributed by atoms with Crippen molar-refractivity contribution in [3.8, 4) is 0 Å². The van der Waals surface area contributed by atoms with Crippen LogP contribution in [-0.4, -0.2) is 48.1 Å². The van der Waals surface area contributed by atoms with E-state index in [0.717, 1.165) is 44.5 Å². The molecule has 2 N–H and O–H groups in total. The fourth-order valence-electron chi connectivity index (χ4n) is 2.41. The molecule has 0 saturated carbocycles. The molecule has 5 heteroatoms. The number of likely N-dealkylation sites (tertiary alicyclic amines) is 1. The average molecular weight is 277 g/mol. The number of hydrogen-bond acceptors (Lipinski definition) is 4. The first-order chi connectivity index (χ1) is 9.70. The molecule has 1 amide bonds. The van der Waals surface area contributed by atoms with Gasteiger partial charge in [-0.15, -0.1) is 0 Å². The minimum Gasteiger partial charge on any atom is -0.378 e. The van der Waals surface area contributed by atoms with Crippen LogP contribution in [0.3, 0.4) is 0 Å². The fraction of sp³-hybridized carbons (Fsp3) is 0.600. The molecule has 5 nitrogen and oxygen atoms in total. The van der Waals surface area contributed by atoms with Crippen molar-refractivity contribution in [2.45, 2.75) is 32.3 Å². The molecule has 1 aromatic rings. The van der Waals surface area contributed by atoms with Gasteiger partial charge in [0.1, 0.15) is 0 Å². The molecule has 1 aliphatic rings. The lowest BCUT2D eigenvalue weighted by atomic mass is 10.1. The van der Waals surface area contributed by atoms with Crippen LogP contribution in [0.15, 0.2) is 18.5 Å². The summed E-state index contributed by atoms with van der Waals surface area (Å²) in [4.78, 5) is 18.3. The molecule has 1 aromatic heterocycles. The fourth-order valence-corrected chi connectivity index (χ4v) is 2.41. The number of piperidine rings is 1. The van der Waals surface area contributed by atoms with E-state index in [4.69, 9.17) is 10.5 Å². The first kappa shape index (κ1) is 14.9. The van der Waals surface area contributed by atoms with Crippen molar-refractivity contribution in [2.75, 3.05) is 26.2 Å². The van der Waals surface area contributed by atoms with Crippen molar-refractivity contribution >= 4 is 5.91 Å². The standard InChI is InChI=1S/C15H23N3O2/c1-12-9-13(11-17-10-12)15(19)18-6-3-14(4-7-18)20-8-2-5-16/h9-11,14H,2-8,16H2,1H3. The van der Waals surface area contributed by atoms with Gasteiger partial charge in [-0.25, -0.2) is 0 Å². The maximum atomic E-state index is 12.3. The number of hydrogen-bond donors (Lipinski definition) is 1. The molecule has 2 heterocycles. The van der Waals surface area contributed by atoms with Crippen molar-refractivity contribution in [3.63, 3.8) is 0 Å². The third-order valence-electron chi connectivity index (χ3n) is 3.55. The lowest BCUT2D eigenvalue weighted by Crippen LogP contribution is -2.41. The maximum Gasteiger partial charge on any atom is 0.255 e. The van der Waals surface area contributed by atoms with E-state index in [9.17, 15) is 4.79 Å². The van der Waals surface area contributed by atoms with Crippen LogP contribution < -0.4 is 5.73 Å². The molecule has 0 bridgehead atoms. The third-order valence-corrected chi connectivity index (χ3v) is 3.55. The number of aromatic nitrogens is 1. The van der Waals surface area contributed by atoms with E-state index in [1.165, 1.54) is 0 Å². The SMILES string of the molecule is Cc1cncc(C(=O)N2CCC(OCCCN)CC2)c1. The molecule has 0 aliphatic carbocycles. The monoisotopic (exact) mass is 277 g/mol. The van der Waals surface area contributed by atoms with Crippen LogP contribution in [-0.2, 0) is 4.74 Å². The summed E-state index contributed by atoms with van der Waals surface area (Å²) in [7, 11) is 0. The maximum absolute atomic E-state index is 12.3. The van der Waals surface area contributed by atoms with Crippen LogP contribution in [0, 0.1) is 6.92 Å². The number of amides is 1. The summed E-state index contributed by atoms with van der Waals surface area (Å²) in [6, 6.07) is 1.89. The van der Waals surface area contributed by atoms with E-state index in [1.54, 1.807) is 12.4 Å². The van der Waals surface area contributed by atoms with Gasteiger partial charge in [0.15, 0.2) is 0 Å². The van der Waals surface area contributed by atoms with E-state index in [-0.39, 0.29) is 12.0 Å². The Labute approximate surface area is 120 Å². The van der Waals surface area contributed by atoms with Crippen LogP contribution in [0.4, 0.5) is 0 Å². The number of aryl methyl sites for hydroxylation is 1. The first-order valence-electron chi connectivity index (χ1n) is 7.23. The Hall–Kier alpha value is -1.46. The summed E-state index contributed by atoms with van der Waals surface area (Å²) in [5.41, 5.74) is 7.13. The van der Waals surface area contributed by atoms with Gasteiger partial charge in [0.2, 0.25) is 0 Å². The highest BCUT2D eigenvalue weighted by atomic mass is 16.5. The van der Waals surface area contributed by atoms with Crippen molar-refractivity contribution < 1.29 is 9.53 Å². The topological polar surface area (TPSA) is 68.5 Å². The minimum atomic E-state index is 0.0709. The lowest BCUT2D eigenvalue weighted by Gasteiger charge is -2.32. The molecule has 0 spiro atoms. The summed E-state index contributed by atoms with van der Waals surface area (Å²) in [6.45, 7) is 4.83. The molecule has 0 atom stereocenters. The molecule has 1 fully saturated rings. The number of nitrogens with two attached hydrogens (primary N) is 1. The van der Waals surface area contributed by atoms with Crippen LogP contribution in [0.2, 0.25) is 0 Å². The van der Waals surface area contributed by atoms with E-state index < -0.39 is 0 Å². The second-order valence-electron chi connectivity index (χ2n) is 5.26. The normalized spacial score (nSPS) is 16.4. The Morgan fingerprint density at radius 3 is 2.85 bits per heavy atom. The minimum absolute atomic E-state index is 0.0709. The second-order valence-corrected chi connectivity index (χ2v) is 5.26. The molecule has 0 unspecified atom stereocenters. The van der Waals surface area contributed by atoms with E-state index in [0.29, 0.717) is 12.1 Å². The Morgan fingerprint density at radius 1 is 1.45 bits per heavy atom. The highest BCUT2D eigenvalue weighted by Gasteiger charge is 2.24. The highest BCUT2D eigenvalue weighted by molar-refractivity contribution is 5.94. The summed E-state index contributed by atoms with van der Waals surface area (Å²) < 4.78 is 5.75. The predicted molar refractivity (Wildman–Crippen MR) is 77.5 cm³/mol. The number of carbonyl (C=O) groups is 1. The molecular weight excluding hydrogens is 254 g/mol. The summed E-state index contributed by atoms with van der Waals surface area (Å²) in [5, 5.41) is 0. The third kappa shape index (κ3) is 4.02. The summed E-state index contributed by atoms with van der Waals surface area (Å²) in [5.74, 6) is 0.0709. The Morgan fingerprint density at radius 2 is 2.20 bits per heavy atom. The van der Waals surface area contributed by atoms with Crippen LogP contribution >= 0.6 is 0 Å². The zero-order valence-electron chi connectivity index (χ0n) is 12.0. The van der Waals surface area contributed by atoms with Crippen LogP contribution in [0.1, 0.15) is 35.2 Å². The van der Waals surface area contributed by atoms with Gasteiger partial charge in [-0.1, -0.05) is 0 Å². The van der Waals surface area contributed by atoms with Crippen molar-refractivity contribution in [1.82, 2.24) is 9.88 Å². The number of nitrogens with zero attached hydrogens (tertiary/aromatic N) is 2. The number of carbonyl (C=O) groups excluding carboxylic acids is 1. The van der Waals surface area contributed by atoms with Gasteiger partial charge in [-0.2, -0.15) is 0 Å². The van der Waals surface area contributed by atoms with E-state index in [1.807, 2.05) is 17.9 Å². The largest absolute Gasteiger partial charge is 0.378 e. The molecule has 1 aliphatic heterocycles. The zero-order chi connectivity index (χ0) is 14.4. The van der Waals surface area contributed by atoms with Crippen molar-refractivity contribution in [3.05, 3.63) is 29.6 Å². The van der Waals surface area contributed by atoms with Gasteiger partial charge in [0.25, 0.3) is 5.91 Å². The summed E-state index contributed by atoms with van der Waals surface area (Å²) >= 11 is 0. The summed E-state index contributed by atoms with van der Waals surface area (Å²) in [6.07, 6.45) is 6.35. The number of rotatable bonds is 5. The van der Waals surface area contributed by atoms with Gasteiger partial charge in [0.05, 0.1) is 11.7 Å². The van der Waals surface area contributed by atoms with Crippen LogP contribution in [0.25, 0.3) is 0 Å². The van der Waals surface area contributed by atoms with Gasteiger partial charge in [0, 0.05) is 32.1 Å². The average Bonchev–Trinajstić information content (AvgIpc) is 2.47. The number of pyridine rings is 1. The Balaban J connectivity index is 1.83. The quantitative estimate of drug-likeness (QED) is 0.825. The zero-order valence-corrected chi connectivity index (χ0v) is 12.0. The van der Waals surface area contributed by atoms with Crippen molar-refractivity contribution in [2.24, 2.45) is 5.73 Å².